The third-order valence-electron chi connectivity index (χ3n) is 4.95. The van der Waals surface area contributed by atoms with E-state index in [0.717, 1.165) is 23.8 Å². The van der Waals surface area contributed by atoms with E-state index >= 15 is 0 Å². The van der Waals surface area contributed by atoms with Gasteiger partial charge < -0.3 is 9.26 Å². The van der Waals surface area contributed by atoms with Crippen molar-refractivity contribution in [3.63, 3.8) is 0 Å². The number of phosphoric acid groups is 1. The van der Waals surface area contributed by atoms with Crippen LogP contribution in [0.1, 0.15) is 40.0 Å². The lowest BCUT2D eigenvalue weighted by atomic mass is 9.73. The predicted octanol–water partition coefficient (Wildman–Crippen LogP) is 3.22. The number of carbonyl (C=O) groups is 3. The van der Waals surface area contributed by atoms with Crippen LogP contribution in [0.2, 0.25) is 0 Å². The minimum absolute atomic E-state index is 0.112. The Morgan fingerprint density at radius 1 is 1.19 bits per heavy atom. The van der Waals surface area contributed by atoms with Gasteiger partial charge in [-0.25, -0.2) is 4.57 Å². The van der Waals surface area contributed by atoms with Gasteiger partial charge in [-0.3, -0.25) is 23.4 Å². The molecule has 0 aromatic heterocycles. The molecule has 2 aliphatic carbocycles. The summed E-state index contributed by atoms with van der Waals surface area (Å²) in [6, 6.07) is 0. The van der Waals surface area contributed by atoms with Gasteiger partial charge in [-0.2, -0.15) is 0 Å². The van der Waals surface area contributed by atoms with Gasteiger partial charge in [-0.15, -0.1) is 0 Å². The monoisotopic (exact) mass is 418 g/mol. The van der Waals surface area contributed by atoms with E-state index in [2.05, 4.69) is 0 Å². The van der Waals surface area contributed by atoms with Gasteiger partial charge >= 0.3 is 19.8 Å². The second-order valence-corrected chi connectivity index (χ2v) is 9.50. The smallest absolute Gasteiger partial charge is 0.407 e. The number of hydrogen-bond acceptors (Lipinski definition) is 9. The molecule has 0 unspecified atom stereocenters. The number of esters is 2. The lowest BCUT2D eigenvalue weighted by Crippen LogP contribution is -2.40. The summed E-state index contributed by atoms with van der Waals surface area (Å²) in [5, 5.41) is -1.03. The normalized spacial score (nSPS) is 30.2. The molecule has 0 radical (unpaired) electrons. The Bertz CT molecular complexity index is 722. The van der Waals surface area contributed by atoms with E-state index in [1.165, 1.54) is 6.92 Å². The molecule has 10 heteroatoms. The summed E-state index contributed by atoms with van der Waals surface area (Å²) in [6.07, 6.45) is 2.15. The van der Waals surface area contributed by atoms with Crippen LogP contribution in [0.25, 0.3) is 0 Å². The number of fused-ring (bicyclic) bond motifs is 3. The second-order valence-electron chi connectivity index (χ2n) is 6.58. The highest BCUT2D eigenvalue weighted by atomic mass is 32.2. The molecule has 0 bridgehead atoms. The molecule has 3 rings (SSSR count). The molecule has 1 aliphatic heterocycles. The van der Waals surface area contributed by atoms with Crippen LogP contribution in [0.4, 0.5) is 0 Å². The van der Waals surface area contributed by atoms with Crippen molar-refractivity contribution in [2.24, 2.45) is 17.8 Å². The molecular weight excluding hydrogens is 395 g/mol. The van der Waals surface area contributed by atoms with Crippen molar-refractivity contribution < 1.29 is 37.3 Å². The molecule has 27 heavy (non-hydrogen) atoms. The van der Waals surface area contributed by atoms with E-state index in [1.54, 1.807) is 13.8 Å². The third kappa shape index (κ3) is 3.88. The SMILES string of the molecule is CCOP(=O)(OCC)OC1=C2CCC[C@@H]2[C@@H]2C(=O)OC(=O)[C@@H]2[C@@H]1SC(C)=O. The quantitative estimate of drug-likeness (QED) is 0.350. The molecular formula is C17H23O8PS. The highest BCUT2D eigenvalue weighted by Gasteiger charge is 2.59. The number of rotatable bonds is 7. The van der Waals surface area contributed by atoms with Gasteiger partial charge in [-0.05, 0) is 44.6 Å². The zero-order valence-electron chi connectivity index (χ0n) is 15.5. The van der Waals surface area contributed by atoms with Crippen LogP contribution in [0, 0.1) is 17.8 Å². The van der Waals surface area contributed by atoms with Crippen LogP contribution >= 0.6 is 19.6 Å². The molecule has 2 fully saturated rings. The van der Waals surface area contributed by atoms with E-state index in [4.69, 9.17) is 18.3 Å². The Balaban J connectivity index is 2.06. The molecule has 4 atom stereocenters. The van der Waals surface area contributed by atoms with E-state index < -0.39 is 36.8 Å². The summed E-state index contributed by atoms with van der Waals surface area (Å²) < 4.78 is 34.1. The summed E-state index contributed by atoms with van der Waals surface area (Å²) >= 11 is 0.884. The number of carbonyl (C=O) groups excluding carboxylic acids is 3. The average molecular weight is 418 g/mol. The standard InChI is InChI=1S/C17H23O8PS/c1-4-22-26(21,23-5-2)25-14-11-8-6-7-10(11)12-13(15(14)27-9(3)18)17(20)24-16(12)19/h10,12-13,15H,4-8H2,1-3H3/t10-,12-,13-,15-/m0/s1. The van der Waals surface area contributed by atoms with Crippen molar-refractivity contribution in [3.05, 3.63) is 11.3 Å². The number of cyclic esters (lactones) is 2. The first kappa shape index (κ1) is 20.6. The summed E-state index contributed by atoms with van der Waals surface area (Å²) in [4.78, 5) is 36.5. The maximum absolute atomic E-state index is 13.0. The zero-order chi connectivity index (χ0) is 19.8. The first-order valence-corrected chi connectivity index (χ1v) is 11.4. The van der Waals surface area contributed by atoms with E-state index in [1.807, 2.05) is 0 Å². The number of hydrogen-bond donors (Lipinski definition) is 0. The highest BCUT2D eigenvalue weighted by Crippen LogP contribution is 2.59. The van der Waals surface area contributed by atoms with Crippen molar-refractivity contribution in [2.75, 3.05) is 13.2 Å². The number of thioether (sulfide) groups is 1. The average Bonchev–Trinajstić information content (AvgIpc) is 3.15. The molecule has 1 heterocycles. The van der Waals surface area contributed by atoms with Gasteiger partial charge in [0.15, 0.2) is 5.12 Å². The molecule has 1 saturated carbocycles. The van der Waals surface area contributed by atoms with Crippen LogP contribution in [-0.4, -0.2) is 35.5 Å². The van der Waals surface area contributed by atoms with Gasteiger partial charge in [-0.1, -0.05) is 11.8 Å². The Hall–Kier alpha value is -1.15. The molecule has 0 aromatic rings. The Morgan fingerprint density at radius 3 is 2.41 bits per heavy atom. The fraction of sp³-hybridized carbons (Fsp3) is 0.706. The lowest BCUT2D eigenvalue weighted by molar-refractivity contribution is -0.154. The molecule has 0 N–H and O–H groups in total. The lowest BCUT2D eigenvalue weighted by Gasteiger charge is -2.36. The Labute approximate surface area is 161 Å². The molecule has 3 aliphatic rings. The molecule has 0 spiro atoms. The fourth-order valence-electron chi connectivity index (χ4n) is 4.12. The highest BCUT2D eigenvalue weighted by molar-refractivity contribution is 8.14. The number of allylic oxidation sites excluding steroid dienone is 1. The Kier molecular flexibility index (Phi) is 6.15. The van der Waals surface area contributed by atoms with Crippen molar-refractivity contribution in [3.8, 4) is 0 Å². The van der Waals surface area contributed by atoms with Crippen molar-refractivity contribution in [1.29, 1.82) is 0 Å². The minimum atomic E-state index is -3.91. The molecule has 8 nitrogen and oxygen atoms in total. The predicted molar refractivity (Wildman–Crippen MR) is 96.4 cm³/mol. The van der Waals surface area contributed by atoms with Crippen molar-refractivity contribution >= 4 is 36.6 Å². The van der Waals surface area contributed by atoms with Gasteiger partial charge in [0.1, 0.15) is 5.76 Å². The largest absolute Gasteiger partial charge is 0.529 e. The first-order chi connectivity index (χ1) is 12.8. The van der Waals surface area contributed by atoms with Gasteiger partial charge in [0, 0.05) is 6.92 Å². The number of phosphoric ester groups is 1. The van der Waals surface area contributed by atoms with Crippen LogP contribution in [0.5, 0.6) is 0 Å². The summed E-state index contributed by atoms with van der Waals surface area (Å²) in [5.41, 5.74) is 0.807. The minimum Gasteiger partial charge on any atom is -0.407 e. The van der Waals surface area contributed by atoms with Crippen LogP contribution in [-0.2, 0) is 37.3 Å². The van der Waals surface area contributed by atoms with Gasteiger partial charge in [0.25, 0.3) is 0 Å². The topological polar surface area (TPSA) is 105 Å². The summed E-state index contributed by atoms with van der Waals surface area (Å²) in [5.74, 6) is -2.64. The van der Waals surface area contributed by atoms with Gasteiger partial charge in [0.2, 0.25) is 0 Å². The molecule has 1 saturated heterocycles. The van der Waals surface area contributed by atoms with E-state index in [-0.39, 0.29) is 30.0 Å². The fourth-order valence-corrected chi connectivity index (χ4v) is 6.56. The van der Waals surface area contributed by atoms with E-state index in [9.17, 15) is 18.9 Å². The van der Waals surface area contributed by atoms with E-state index in [0.29, 0.717) is 12.8 Å². The van der Waals surface area contributed by atoms with Crippen LogP contribution in [0.15, 0.2) is 11.3 Å². The van der Waals surface area contributed by atoms with Gasteiger partial charge in [0.05, 0.1) is 30.3 Å². The van der Waals surface area contributed by atoms with Crippen molar-refractivity contribution in [2.45, 2.75) is 45.3 Å². The third-order valence-corrected chi connectivity index (χ3v) is 7.62. The van der Waals surface area contributed by atoms with Crippen molar-refractivity contribution in [1.82, 2.24) is 0 Å². The maximum atomic E-state index is 13.0. The second kappa shape index (κ2) is 8.07. The Morgan fingerprint density at radius 2 is 1.81 bits per heavy atom. The molecule has 150 valence electrons. The first-order valence-electron chi connectivity index (χ1n) is 9.05. The number of ether oxygens (including phenoxy) is 1. The molecule has 0 amide bonds. The maximum Gasteiger partial charge on any atom is 0.529 e. The summed E-state index contributed by atoms with van der Waals surface area (Å²) in [6.45, 7) is 4.92. The zero-order valence-corrected chi connectivity index (χ0v) is 17.2. The van der Waals surface area contributed by atoms with Crippen LogP contribution < -0.4 is 0 Å². The molecule has 0 aromatic carbocycles. The summed E-state index contributed by atoms with van der Waals surface area (Å²) in [7, 11) is -3.91. The van der Waals surface area contributed by atoms with Crippen LogP contribution in [0.3, 0.4) is 0 Å².